The summed E-state index contributed by atoms with van der Waals surface area (Å²) in [6.45, 7) is 0. The number of aromatic nitrogens is 4. The van der Waals surface area contributed by atoms with E-state index < -0.39 is 0 Å². The zero-order valence-electron chi connectivity index (χ0n) is 14.6. The molecule has 3 heterocycles. The summed E-state index contributed by atoms with van der Waals surface area (Å²) in [6.07, 6.45) is 3.45. The molecule has 0 bridgehead atoms. The van der Waals surface area contributed by atoms with Crippen molar-refractivity contribution < 1.29 is 4.79 Å². The quantitative estimate of drug-likeness (QED) is 0.390. The normalized spacial score (nSPS) is 11.1. The standard InChI is InChI=1S/C21H15N5O2/c27-20(24-15-4-6-17-19(10-15)26-21(28)25-17)14-3-5-16(23-11-14)13-2-1-12-7-8-22-18(12)9-13/h1-11,22H,(H,24,27)(H2,25,26,28). The van der Waals surface area contributed by atoms with Crippen LogP contribution in [-0.2, 0) is 0 Å². The molecule has 0 radical (unpaired) electrons. The first-order chi connectivity index (χ1) is 13.7. The predicted molar refractivity (Wildman–Crippen MR) is 108 cm³/mol. The van der Waals surface area contributed by atoms with Crippen molar-refractivity contribution in [2.45, 2.75) is 0 Å². The maximum absolute atomic E-state index is 12.5. The Morgan fingerprint density at radius 1 is 0.893 bits per heavy atom. The van der Waals surface area contributed by atoms with Gasteiger partial charge in [0.05, 0.1) is 22.3 Å². The second-order valence-corrected chi connectivity index (χ2v) is 6.51. The number of hydrogen-bond donors (Lipinski definition) is 4. The number of carbonyl (C=O) groups excluding carboxylic acids is 1. The summed E-state index contributed by atoms with van der Waals surface area (Å²) in [5.74, 6) is -0.267. The van der Waals surface area contributed by atoms with E-state index in [1.54, 1.807) is 30.5 Å². The Labute approximate surface area is 158 Å². The minimum absolute atomic E-state index is 0.267. The Hall–Kier alpha value is -4.13. The van der Waals surface area contributed by atoms with E-state index in [-0.39, 0.29) is 11.6 Å². The molecule has 2 aromatic carbocycles. The molecular weight excluding hydrogens is 354 g/mol. The summed E-state index contributed by atoms with van der Waals surface area (Å²) >= 11 is 0. The topological polar surface area (TPSA) is 106 Å². The van der Waals surface area contributed by atoms with E-state index in [2.05, 4.69) is 25.3 Å². The van der Waals surface area contributed by atoms with E-state index in [4.69, 9.17) is 0 Å². The maximum atomic E-state index is 12.5. The number of benzene rings is 2. The summed E-state index contributed by atoms with van der Waals surface area (Å²) in [4.78, 5) is 36.8. The van der Waals surface area contributed by atoms with Gasteiger partial charge in [0.15, 0.2) is 0 Å². The van der Waals surface area contributed by atoms with Gasteiger partial charge in [-0.15, -0.1) is 0 Å². The van der Waals surface area contributed by atoms with Gasteiger partial charge in [-0.25, -0.2) is 4.79 Å². The van der Waals surface area contributed by atoms with E-state index in [1.807, 2.05) is 36.5 Å². The SMILES string of the molecule is O=C(Nc1ccc2[nH]c(=O)[nH]c2c1)c1ccc(-c2ccc3cc[nH]c3c2)nc1. The van der Waals surface area contributed by atoms with Gasteiger partial charge in [0.25, 0.3) is 5.91 Å². The van der Waals surface area contributed by atoms with Gasteiger partial charge in [0.2, 0.25) is 0 Å². The van der Waals surface area contributed by atoms with Crippen molar-refractivity contribution in [3.63, 3.8) is 0 Å². The molecule has 0 aliphatic heterocycles. The van der Waals surface area contributed by atoms with Crippen LogP contribution in [0.4, 0.5) is 5.69 Å². The zero-order chi connectivity index (χ0) is 19.1. The predicted octanol–water partition coefficient (Wildman–Crippen LogP) is 3.65. The third-order valence-corrected chi connectivity index (χ3v) is 4.65. The van der Waals surface area contributed by atoms with E-state index in [0.717, 1.165) is 22.2 Å². The molecule has 0 saturated carbocycles. The fourth-order valence-electron chi connectivity index (χ4n) is 3.22. The molecule has 5 aromatic rings. The Morgan fingerprint density at radius 3 is 2.64 bits per heavy atom. The van der Waals surface area contributed by atoms with Crippen molar-refractivity contribution in [1.82, 2.24) is 19.9 Å². The van der Waals surface area contributed by atoms with Crippen molar-refractivity contribution in [1.29, 1.82) is 0 Å². The number of imidazole rings is 1. The molecule has 1 amide bonds. The van der Waals surface area contributed by atoms with Crippen molar-refractivity contribution in [2.24, 2.45) is 0 Å². The monoisotopic (exact) mass is 369 g/mol. The van der Waals surface area contributed by atoms with Crippen LogP contribution in [0.25, 0.3) is 33.2 Å². The molecule has 3 aromatic heterocycles. The van der Waals surface area contributed by atoms with Crippen LogP contribution in [0, 0.1) is 0 Å². The molecule has 7 nitrogen and oxygen atoms in total. The lowest BCUT2D eigenvalue weighted by molar-refractivity contribution is 0.102. The first-order valence-corrected chi connectivity index (χ1v) is 8.73. The van der Waals surface area contributed by atoms with Gasteiger partial charge < -0.3 is 20.3 Å². The minimum atomic E-state index is -0.282. The first-order valence-electron chi connectivity index (χ1n) is 8.73. The number of fused-ring (bicyclic) bond motifs is 2. The second kappa shape index (κ2) is 6.24. The van der Waals surface area contributed by atoms with Crippen LogP contribution in [0.5, 0.6) is 0 Å². The van der Waals surface area contributed by atoms with Gasteiger partial charge >= 0.3 is 5.69 Å². The van der Waals surface area contributed by atoms with Crippen molar-refractivity contribution >= 4 is 33.5 Å². The molecule has 0 saturated heterocycles. The molecule has 0 aliphatic rings. The third-order valence-electron chi connectivity index (χ3n) is 4.65. The van der Waals surface area contributed by atoms with Crippen LogP contribution >= 0.6 is 0 Å². The molecule has 0 spiro atoms. The van der Waals surface area contributed by atoms with Crippen LogP contribution in [0.3, 0.4) is 0 Å². The van der Waals surface area contributed by atoms with Gasteiger partial charge in [-0.2, -0.15) is 0 Å². The van der Waals surface area contributed by atoms with Crippen LogP contribution in [0.2, 0.25) is 0 Å². The van der Waals surface area contributed by atoms with Gasteiger partial charge in [-0.3, -0.25) is 9.78 Å². The lowest BCUT2D eigenvalue weighted by atomic mass is 10.1. The van der Waals surface area contributed by atoms with Crippen LogP contribution < -0.4 is 11.0 Å². The second-order valence-electron chi connectivity index (χ2n) is 6.51. The summed E-state index contributed by atoms with van der Waals surface area (Å²) in [5, 5.41) is 3.96. The van der Waals surface area contributed by atoms with E-state index in [0.29, 0.717) is 22.3 Å². The smallest absolute Gasteiger partial charge is 0.323 e. The van der Waals surface area contributed by atoms with Gasteiger partial charge in [-0.05, 0) is 47.9 Å². The van der Waals surface area contributed by atoms with E-state index in [9.17, 15) is 9.59 Å². The van der Waals surface area contributed by atoms with Gasteiger partial charge in [0.1, 0.15) is 0 Å². The summed E-state index contributed by atoms with van der Waals surface area (Å²) in [7, 11) is 0. The number of amides is 1. The average Bonchev–Trinajstić information content (AvgIpc) is 3.32. The lowest BCUT2D eigenvalue weighted by Crippen LogP contribution is -2.12. The number of aromatic amines is 3. The van der Waals surface area contributed by atoms with Crippen LogP contribution in [0.1, 0.15) is 10.4 Å². The number of nitrogens with zero attached hydrogens (tertiary/aromatic N) is 1. The van der Waals surface area contributed by atoms with Gasteiger partial charge in [0, 0.05) is 29.2 Å². The molecule has 136 valence electrons. The fraction of sp³-hybridized carbons (Fsp3) is 0. The molecule has 0 fully saturated rings. The molecule has 0 unspecified atom stereocenters. The highest BCUT2D eigenvalue weighted by atomic mass is 16.2. The highest BCUT2D eigenvalue weighted by Gasteiger charge is 2.09. The summed E-state index contributed by atoms with van der Waals surface area (Å²) in [6, 6.07) is 16.8. The largest absolute Gasteiger partial charge is 0.361 e. The third kappa shape index (κ3) is 2.84. The lowest BCUT2D eigenvalue weighted by Gasteiger charge is -2.06. The Morgan fingerprint density at radius 2 is 1.79 bits per heavy atom. The number of nitrogens with one attached hydrogen (secondary N) is 4. The first kappa shape index (κ1) is 16.1. The van der Waals surface area contributed by atoms with Crippen molar-refractivity contribution in [3.05, 3.63) is 83.0 Å². The Bertz CT molecular complexity index is 1380. The number of carbonyl (C=O) groups is 1. The number of pyridine rings is 1. The Balaban J connectivity index is 1.37. The average molecular weight is 369 g/mol. The maximum Gasteiger partial charge on any atom is 0.323 e. The molecular formula is C21H15N5O2. The van der Waals surface area contributed by atoms with Crippen molar-refractivity contribution in [3.8, 4) is 11.3 Å². The van der Waals surface area contributed by atoms with Crippen LogP contribution in [-0.4, -0.2) is 25.8 Å². The summed E-state index contributed by atoms with van der Waals surface area (Å²) in [5.41, 5.74) is 4.89. The number of anilines is 1. The van der Waals surface area contributed by atoms with Crippen molar-refractivity contribution in [2.75, 3.05) is 5.32 Å². The molecule has 0 atom stereocenters. The molecule has 0 aliphatic carbocycles. The minimum Gasteiger partial charge on any atom is -0.361 e. The number of rotatable bonds is 3. The highest BCUT2D eigenvalue weighted by Crippen LogP contribution is 2.22. The molecule has 4 N–H and O–H groups in total. The highest BCUT2D eigenvalue weighted by molar-refractivity contribution is 6.04. The Kier molecular flexibility index (Phi) is 3.58. The molecule has 5 rings (SSSR count). The van der Waals surface area contributed by atoms with E-state index in [1.165, 1.54) is 0 Å². The zero-order valence-corrected chi connectivity index (χ0v) is 14.6. The van der Waals surface area contributed by atoms with E-state index >= 15 is 0 Å². The number of hydrogen-bond acceptors (Lipinski definition) is 3. The fourth-order valence-corrected chi connectivity index (χ4v) is 3.22. The molecule has 28 heavy (non-hydrogen) atoms. The summed E-state index contributed by atoms with van der Waals surface area (Å²) < 4.78 is 0. The van der Waals surface area contributed by atoms with Crippen LogP contribution in [0.15, 0.2) is 71.8 Å². The molecule has 7 heteroatoms. The number of H-pyrrole nitrogens is 3. The van der Waals surface area contributed by atoms with Gasteiger partial charge in [-0.1, -0.05) is 12.1 Å².